The van der Waals surface area contributed by atoms with Gasteiger partial charge in [0.15, 0.2) is 0 Å². The number of nitrogens with zero attached hydrogens (tertiary/aromatic N) is 3. The van der Waals surface area contributed by atoms with E-state index < -0.39 is 0 Å². The van der Waals surface area contributed by atoms with Gasteiger partial charge in [0.1, 0.15) is 6.10 Å². The van der Waals surface area contributed by atoms with Gasteiger partial charge in [-0.3, -0.25) is 9.59 Å². The maximum Gasteiger partial charge on any atom is 0.410 e. The van der Waals surface area contributed by atoms with Crippen LogP contribution in [0.25, 0.3) is 0 Å². The van der Waals surface area contributed by atoms with E-state index in [0.717, 1.165) is 116 Å². The van der Waals surface area contributed by atoms with Crippen LogP contribution in [0.1, 0.15) is 232 Å². The number of rotatable bonds is 45. The van der Waals surface area contributed by atoms with Crippen LogP contribution in [0.5, 0.6) is 0 Å². The molecule has 9 heteroatoms. The Morgan fingerprint density at radius 2 is 0.712 bits per heavy atom. The van der Waals surface area contributed by atoms with Crippen molar-refractivity contribution in [2.24, 2.45) is 0 Å². The summed E-state index contributed by atoms with van der Waals surface area (Å²) in [6.45, 7) is 8.79. The first kappa shape index (κ1) is 57.1. The first-order chi connectivity index (χ1) is 28.7. The Morgan fingerprint density at radius 1 is 0.390 bits per heavy atom. The summed E-state index contributed by atoms with van der Waals surface area (Å²) in [6, 6.07) is 0. The molecule has 0 aliphatic carbocycles. The zero-order valence-corrected chi connectivity index (χ0v) is 40.2. The second kappa shape index (κ2) is 44.2. The van der Waals surface area contributed by atoms with Crippen molar-refractivity contribution in [1.29, 1.82) is 0 Å². The number of hydrogen-bond donors (Lipinski definition) is 0. The topological polar surface area (TPSA) is 88.6 Å². The van der Waals surface area contributed by atoms with Crippen molar-refractivity contribution in [3.05, 3.63) is 0 Å². The number of carbonyl (C=O) groups excluding carboxylic acids is 3. The summed E-state index contributed by atoms with van der Waals surface area (Å²) in [7, 11) is 8.27. The van der Waals surface area contributed by atoms with Crippen molar-refractivity contribution >= 4 is 18.0 Å². The molecule has 0 saturated carbocycles. The molecule has 0 aromatic heterocycles. The van der Waals surface area contributed by atoms with Crippen LogP contribution in [-0.2, 0) is 23.8 Å². The van der Waals surface area contributed by atoms with E-state index in [1.54, 1.807) is 0 Å². The van der Waals surface area contributed by atoms with Crippen LogP contribution in [-0.4, -0.2) is 106 Å². The minimum Gasteiger partial charge on any atom is -0.466 e. The van der Waals surface area contributed by atoms with E-state index in [4.69, 9.17) is 14.2 Å². The van der Waals surface area contributed by atoms with Gasteiger partial charge in [-0.05, 0) is 105 Å². The first-order valence-corrected chi connectivity index (χ1v) is 25.3. The number of esters is 2. The first-order valence-electron chi connectivity index (χ1n) is 25.3. The molecule has 0 saturated heterocycles. The molecule has 0 aliphatic rings. The van der Waals surface area contributed by atoms with Crippen LogP contribution in [0.2, 0.25) is 0 Å². The predicted octanol–water partition coefficient (Wildman–Crippen LogP) is 13.3. The molecule has 0 bridgehead atoms. The molecule has 1 amide bonds. The Bertz CT molecular complexity index is 868. The van der Waals surface area contributed by atoms with E-state index in [1.165, 1.54) is 103 Å². The summed E-state index contributed by atoms with van der Waals surface area (Å²) < 4.78 is 17.3. The standard InChI is InChI=1S/C50H99N3O6/c1-7-9-11-13-15-17-19-21-23-31-39-48(54)57-45-33-27-25-29-37-47(59-50(56)53(43-35-41-51(3)4)44-36-42-52(5)6)38-30-26-28-34-46-58-49(55)40-32-24-22-20-18-16-14-12-10-8-2/h47H,7-46H2,1-6H3. The summed E-state index contributed by atoms with van der Waals surface area (Å²) in [5.41, 5.74) is 0. The highest BCUT2D eigenvalue weighted by atomic mass is 16.6. The highest BCUT2D eigenvalue weighted by molar-refractivity contribution is 5.69. The molecule has 0 aliphatic heterocycles. The monoisotopic (exact) mass is 838 g/mol. The average molecular weight is 838 g/mol. The SMILES string of the molecule is CCCCCCCCCCCCC(=O)OCCCCCCC(CCCCCCOC(=O)CCCCCCCCCCCC)OC(=O)N(CCCN(C)C)CCCN(C)C. The van der Waals surface area contributed by atoms with Crippen molar-refractivity contribution in [2.45, 2.75) is 238 Å². The third kappa shape index (κ3) is 42.6. The Balaban J connectivity index is 4.53. The van der Waals surface area contributed by atoms with Gasteiger partial charge in [-0.2, -0.15) is 0 Å². The molecule has 59 heavy (non-hydrogen) atoms. The smallest absolute Gasteiger partial charge is 0.410 e. The van der Waals surface area contributed by atoms with Gasteiger partial charge in [-0.15, -0.1) is 0 Å². The van der Waals surface area contributed by atoms with E-state index in [2.05, 4.69) is 51.8 Å². The normalized spacial score (nSPS) is 11.5. The molecule has 0 N–H and O–H groups in total. The van der Waals surface area contributed by atoms with Crippen molar-refractivity contribution in [3.63, 3.8) is 0 Å². The predicted molar refractivity (Wildman–Crippen MR) is 249 cm³/mol. The van der Waals surface area contributed by atoms with E-state index >= 15 is 0 Å². The number of ether oxygens (including phenoxy) is 3. The van der Waals surface area contributed by atoms with Crippen LogP contribution in [0.3, 0.4) is 0 Å². The summed E-state index contributed by atoms with van der Waals surface area (Å²) in [4.78, 5) is 44.2. The second-order valence-electron chi connectivity index (χ2n) is 18.0. The maximum absolute atomic E-state index is 13.5. The Labute approximate surface area is 366 Å². The molecule has 0 unspecified atom stereocenters. The summed E-state index contributed by atoms with van der Waals surface area (Å²) in [6.07, 6.45) is 37.4. The summed E-state index contributed by atoms with van der Waals surface area (Å²) in [5.74, 6) is -0.112. The zero-order valence-electron chi connectivity index (χ0n) is 40.2. The molecular formula is C50H99N3O6. The molecule has 0 aromatic rings. The van der Waals surface area contributed by atoms with Gasteiger partial charge >= 0.3 is 18.0 Å². The molecule has 350 valence electrons. The molecule has 0 rings (SSSR count). The minimum absolute atomic E-state index is 0.0558. The third-order valence-corrected chi connectivity index (χ3v) is 11.4. The zero-order chi connectivity index (χ0) is 43.4. The molecule has 0 radical (unpaired) electrons. The highest BCUT2D eigenvalue weighted by Crippen LogP contribution is 2.18. The van der Waals surface area contributed by atoms with E-state index in [1.807, 2.05) is 4.90 Å². The molecule has 0 heterocycles. The largest absolute Gasteiger partial charge is 0.466 e. The van der Waals surface area contributed by atoms with Gasteiger partial charge < -0.3 is 28.9 Å². The van der Waals surface area contributed by atoms with Crippen molar-refractivity contribution in [2.75, 3.05) is 67.6 Å². The van der Waals surface area contributed by atoms with Gasteiger partial charge in [-0.1, -0.05) is 155 Å². The average Bonchev–Trinajstić information content (AvgIpc) is 3.20. The quantitative estimate of drug-likeness (QED) is 0.0340. The Morgan fingerprint density at radius 3 is 1.07 bits per heavy atom. The number of amides is 1. The third-order valence-electron chi connectivity index (χ3n) is 11.4. The van der Waals surface area contributed by atoms with Crippen LogP contribution >= 0.6 is 0 Å². The van der Waals surface area contributed by atoms with E-state index in [9.17, 15) is 14.4 Å². The fourth-order valence-electron chi connectivity index (χ4n) is 7.61. The Hall–Kier alpha value is -1.87. The van der Waals surface area contributed by atoms with Gasteiger partial charge in [0.2, 0.25) is 0 Å². The van der Waals surface area contributed by atoms with Crippen LogP contribution in [0.15, 0.2) is 0 Å². The van der Waals surface area contributed by atoms with Gasteiger partial charge in [0.05, 0.1) is 13.2 Å². The van der Waals surface area contributed by atoms with Crippen molar-refractivity contribution in [1.82, 2.24) is 14.7 Å². The van der Waals surface area contributed by atoms with E-state index in [-0.39, 0.29) is 24.1 Å². The molecule has 0 spiro atoms. The van der Waals surface area contributed by atoms with E-state index in [0.29, 0.717) is 39.1 Å². The summed E-state index contributed by atoms with van der Waals surface area (Å²) >= 11 is 0. The van der Waals surface area contributed by atoms with Gasteiger partial charge in [0, 0.05) is 25.9 Å². The lowest BCUT2D eigenvalue weighted by Gasteiger charge is -2.27. The molecule has 0 fully saturated rings. The highest BCUT2D eigenvalue weighted by Gasteiger charge is 2.20. The van der Waals surface area contributed by atoms with Gasteiger partial charge in [0.25, 0.3) is 0 Å². The molecule has 0 atom stereocenters. The van der Waals surface area contributed by atoms with Crippen molar-refractivity contribution < 1.29 is 28.6 Å². The summed E-state index contributed by atoms with van der Waals surface area (Å²) in [5, 5.41) is 0. The van der Waals surface area contributed by atoms with Gasteiger partial charge in [-0.25, -0.2) is 4.79 Å². The number of carbonyl (C=O) groups is 3. The van der Waals surface area contributed by atoms with Crippen LogP contribution in [0, 0.1) is 0 Å². The maximum atomic E-state index is 13.5. The van der Waals surface area contributed by atoms with Crippen molar-refractivity contribution in [3.8, 4) is 0 Å². The molecular weight excluding hydrogens is 739 g/mol. The fraction of sp³-hybridized carbons (Fsp3) is 0.940. The lowest BCUT2D eigenvalue weighted by atomic mass is 10.0. The van der Waals surface area contributed by atoms with Crippen LogP contribution < -0.4 is 0 Å². The lowest BCUT2D eigenvalue weighted by molar-refractivity contribution is -0.144. The fourth-order valence-corrected chi connectivity index (χ4v) is 7.61. The lowest BCUT2D eigenvalue weighted by Crippen LogP contribution is -2.37. The number of hydrogen-bond acceptors (Lipinski definition) is 8. The van der Waals surface area contributed by atoms with Crippen LogP contribution in [0.4, 0.5) is 4.79 Å². The molecule has 9 nitrogen and oxygen atoms in total. The minimum atomic E-state index is -0.184. The molecule has 0 aromatic carbocycles. The second-order valence-corrected chi connectivity index (χ2v) is 18.0. The Kier molecular flexibility index (Phi) is 42.8. The number of unbranched alkanes of at least 4 members (excludes halogenated alkanes) is 24.